The van der Waals surface area contributed by atoms with Gasteiger partial charge in [-0.25, -0.2) is 0 Å². The molecule has 1 amide bonds. The first-order valence-corrected chi connectivity index (χ1v) is 11.8. The number of amides is 1. The molecule has 0 atom stereocenters. The third-order valence-electron chi connectivity index (χ3n) is 4.73. The number of ether oxygens (including phenoxy) is 1. The lowest BCUT2D eigenvalue weighted by molar-refractivity contribution is 0.102. The van der Waals surface area contributed by atoms with Crippen LogP contribution >= 0.6 is 50.7 Å². The average molecular weight is 566 g/mol. The highest BCUT2D eigenvalue weighted by molar-refractivity contribution is 9.10. The van der Waals surface area contributed by atoms with E-state index >= 15 is 0 Å². The normalized spacial score (nSPS) is 10.8. The van der Waals surface area contributed by atoms with Crippen LogP contribution in [-0.2, 0) is 13.2 Å². The Morgan fingerprint density at radius 3 is 2.48 bits per heavy atom. The third-order valence-corrected chi connectivity index (χ3v) is 6.11. The molecule has 0 saturated carbocycles. The second-order valence-corrected chi connectivity index (χ2v) is 9.32. The Morgan fingerprint density at radius 1 is 0.970 bits per heavy atom. The monoisotopic (exact) mass is 563 g/mol. The maximum atomic E-state index is 12.6. The molecule has 1 N–H and O–H groups in total. The van der Waals surface area contributed by atoms with Crippen LogP contribution in [0.15, 0.2) is 77.4 Å². The van der Waals surface area contributed by atoms with Crippen molar-refractivity contribution < 1.29 is 9.53 Å². The van der Waals surface area contributed by atoms with Crippen molar-refractivity contribution in [1.82, 2.24) is 9.78 Å². The zero-order valence-corrected chi connectivity index (χ0v) is 20.9. The molecule has 0 unspecified atom stereocenters. The highest BCUT2D eigenvalue weighted by Gasteiger charge is 2.10. The molecule has 4 aromatic rings. The van der Waals surface area contributed by atoms with Crippen LogP contribution in [0.5, 0.6) is 5.75 Å². The fourth-order valence-corrected chi connectivity index (χ4v) is 4.23. The van der Waals surface area contributed by atoms with E-state index in [0.717, 1.165) is 15.6 Å². The summed E-state index contributed by atoms with van der Waals surface area (Å²) in [6, 6.07) is 19.6. The van der Waals surface area contributed by atoms with Gasteiger partial charge in [-0.1, -0.05) is 68.9 Å². The summed E-state index contributed by atoms with van der Waals surface area (Å²) in [5.74, 6) is 0.785. The maximum absolute atomic E-state index is 12.6. The Bertz CT molecular complexity index is 1290. The van der Waals surface area contributed by atoms with Gasteiger partial charge in [0.15, 0.2) is 5.82 Å². The first kappa shape index (κ1) is 23.6. The number of hydrogen-bond acceptors (Lipinski definition) is 3. The maximum Gasteiger partial charge on any atom is 0.256 e. The minimum Gasteiger partial charge on any atom is -0.487 e. The minimum atomic E-state index is -0.256. The Hall–Kier alpha value is -2.51. The molecule has 168 valence electrons. The van der Waals surface area contributed by atoms with Gasteiger partial charge < -0.3 is 10.1 Å². The molecular weight excluding hydrogens is 549 g/mol. The molecule has 0 aliphatic heterocycles. The van der Waals surface area contributed by atoms with E-state index < -0.39 is 0 Å². The van der Waals surface area contributed by atoms with Crippen LogP contribution in [-0.4, -0.2) is 15.7 Å². The van der Waals surface area contributed by atoms with E-state index in [1.54, 1.807) is 53.3 Å². The van der Waals surface area contributed by atoms with Crippen LogP contribution in [0.3, 0.4) is 0 Å². The Morgan fingerprint density at radius 2 is 1.76 bits per heavy atom. The van der Waals surface area contributed by atoms with Crippen molar-refractivity contribution in [2.45, 2.75) is 13.2 Å². The van der Waals surface area contributed by atoms with Gasteiger partial charge in [-0.15, -0.1) is 0 Å². The van der Waals surface area contributed by atoms with E-state index in [-0.39, 0.29) is 5.91 Å². The number of carbonyl (C=O) groups is 1. The zero-order valence-electron chi connectivity index (χ0n) is 17.1. The third kappa shape index (κ3) is 6.30. The Labute approximate surface area is 214 Å². The summed E-state index contributed by atoms with van der Waals surface area (Å²) < 4.78 is 8.33. The number of aromatic nitrogens is 2. The molecule has 4 rings (SSSR count). The van der Waals surface area contributed by atoms with Gasteiger partial charge in [0.1, 0.15) is 12.4 Å². The molecule has 33 heavy (non-hydrogen) atoms. The van der Waals surface area contributed by atoms with Crippen LogP contribution in [0.25, 0.3) is 0 Å². The summed E-state index contributed by atoms with van der Waals surface area (Å²) in [4.78, 5) is 12.6. The van der Waals surface area contributed by atoms with E-state index in [1.807, 2.05) is 24.3 Å². The van der Waals surface area contributed by atoms with Gasteiger partial charge >= 0.3 is 0 Å². The van der Waals surface area contributed by atoms with Crippen LogP contribution in [0, 0.1) is 0 Å². The van der Waals surface area contributed by atoms with Gasteiger partial charge in [0.05, 0.1) is 11.6 Å². The summed E-state index contributed by atoms with van der Waals surface area (Å²) >= 11 is 21.7. The number of benzene rings is 3. The molecule has 0 bridgehead atoms. The number of nitrogens with zero attached hydrogens (tertiary/aromatic N) is 2. The van der Waals surface area contributed by atoms with Crippen molar-refractivity contribution >= 4 is 62.5 Å². The van der Waals surface area contributed by atoms with Crippen LogP contribution < -0.4 is 10.1 Å². The molecular formula is C24H17BrCl3N3O2. The highest BCUT2D eigenvalue weighted by Crippen LogP contribution is 2.28. The summed E-state index contributed by atoms with van der Waals surface area (Å²) in [5, 5.41) is 8.85. The fraction of sp³-hybridized carbons (Fsp3) is 0.0833. The predicted octanol–water partition coefficient (Wildman–Crippen LogP) is 7.49. The summed E-state index contributed by atoms with van der Waals surface area (Å²) in [6.07, 6.45) is 1.77. The number of halogens is 4. The summed E-state index contributed by atoms with van der Waals surface area (Å²) in [7, 11) is 0. The lowest BCUT2D eigenvalue weighted by Gasteiger charge is -2.09. The first-order chi connectivity index (χ1) is 15.9. The second-order valence-electron chi connectivity index (χ2n) is 7.15. The van der Waals surface area contributed by atoms with Gasteiger partial charge in [-0.2, -0.15) is 5.10 Å². The van der Waals surface area contributed by atoms with Crippen molar-refractivity contribution in [2.24, 2.45) is 0 Å². The van der Waals surface area contributed by atoms with Crippen LogP contribution in [0.4, 0.5) is 5.82 Å². The molecule has 0 aliphatic carbocycles. The average Bonchev–Trinajstić information content (AvgIpc) is 3.22. The second kappa shape index (κ2) is 10.6. The van der Waals surface area contributed by atoms with E-state index in [0.29, 0.717) is 45.4 Å². The zero-order chi connectivity index (χ0) is 23.4. The van der Waals surface area contributed by atoms with Gasteiger partial charge in [0.25, 0.3) is 5.91 Å². The van der Waals surface area contributed by atoms with Crippen molar-refractivity contribution in [1.29, 1.82) is 0 Å². The molecule has 0 radical (unpaired) electrons. The van der Waals surface area contributed by atoms with Crippen LogP contribution in [0.2, 0.25) is 15.1 Å². The standard InChI is InChI=1S/C24H17BrCl3N3O2/c25-18-6-8-22(21(28)11-18)33-14-15-1-3-16(4-2-15)24(32)29-23-9-10-31(30-23)13-17-5-7-19(26)12-20(17)27/h1-12H,13-14H2,(H,29,30,32). The molecule has 3 aromatic carbocycles. The molecule has 0 fully saturated rings. The smallest absolute Gasteiger partial charge is 0.256 e. The van der Waals surface area contributed by atoms with Gasteiger partial charge in [0, 0.05) is 32.3 Å². The topological polar surface area (TPSA) is 56.2 Å². The molecule has 1 aromatic heterocycles. The van der Waals surface area contributed by atoms with Crippen molar-refractivity contribution in [3.05, 3.63) is 109 Å². The Kier molecular flexibility index (Phi) is 7.60. The first-order valence-electron chi connectivity index (χ1n) is 9.83. The van der Waals surface area contributed by atoms with E-state index in [1.165, 1.54) is 0 Å². The SMILES string of the molecule is O=C(Nc1ccn(Cc2ccc(Cl)cc2Cl)n1)c1ccc(COc2ccc(Br)cc2Cl)cc1. The highest BCUT2D eigenvalue weighted by atomic mass is 79.9. The molecule has 9 heteroatoms. The molecule has 0 spiro atoms. The van der Waals surface area contributed by atoms with E-state index in [4.69, 9.17) is 39.5 Å². The summed E-state index contributed by atoms with van der Waals surface area (Å²) in [5.41, 5.74) is 2.30. The van der Waals surface area contributed by atoms with E-state index in [2.05, 4.69) is 26.3 Å². The van der Waals surface area contributed by atoms with Crippen molar-refractivity contribution in [3.63, 3.8) is 0 Å². The quantitative estimate of drug-likeness (QED) is 0.253. The van der Waals surface area contributed by atoms with Gasteiger partial charge in [0.2, 0.25) is 0 Å². The van der Waals surface area contributed by atoms with Gasteiger partial charge in [-0.05, 0) is 53.6 Å². The molecule has 0 saturated heterocycles. The lowest BCUT2D eigenvalue weighted by Crippen LogP contribution is -2.13. The molecule has 5 nitrogen and oxygen atoms in total. The molecule has 1 heterocycles. The largest absolute Gasteiger partial charge is 0.487 e. The lowest BCUT2D eigenvalue weighted by atomic mass is 10.1. The molecule has 0 aliphatic rings. The number of carbonyl (C=O) groups excluding carboxylic acids is 1. The minimum absolute atomic E-state index is 0.256. The van der Waals surface area contributed by atoms with E-state index in [9.17, 15) is 4.79 Å². The number of hydrogen-bond donors (Lipinski definition) is 1. The predicted molar refractivity (Wildman–Crippen MR) is 136 cm³/mol. The number of nitrogens with one attached hydrogen (secondary N) is 1. The van der Waals surface area contributed by atoms with Crippen LogP contribution in [0.1, 0.15) is 21.5 Å². The summed E-state index contributed by atoms with van der Waals surface area (Å²) in [6.45, 7) is 0.796. The number of rotatable bonds is 7. The van der Waals surface area contributed by atoms with Gasteiger partial charge in [-0.3, -0.25) is 9.48 Å². The van der Waals surface area contributed by atoms with Crippen molar-refractivity contribution in [2.75, 3.05) is 5.32 Å². The Balaban J connectivity index is 1.34. The fourth-order valence-electron chi connectivity index (χ4n) is 3.04. The number of anilines is 1. The van der Waals surface area contributed by atoms with Crippen molar-refractivity contribution in [3.8, 4) is 5.75 Å².